The van der Waals surface area contributed by atoms with Gasteiger partial charge in [0, 0.05) is 5.56 Å². The molecule has 7 nitrogen and oxygen atoms in total. The summed E-state index contributed by atoms with van der Waals surface area (Å²) >= 11 is 0. The number of anilines is 1. The minimum Gasteiger partial charge on any atom is -0.481 e. The molecule has 0 radical (unpaired) electrons. The van der Waals surface area contributed by atoms with E-state index in [1.165, 1.54) is 0 Å². The van der Waals surface area contributed by atoms with Crippen molar-refractivity contribution in [3.63, 3.8) is 0 Å². The number of carbonyl (C=O) groups excluding carboxylic acids is 1. The first-order valence-corrected chi connectivity index (χ1v) is 10.8. The van der Waals surface area contributed by atoms with Crippen LogP contribution in [0.4, 0.5) is 10.5 Å². The van der Waals surface area contributed by atoms with E-state index in [2.05, 4.69) is 10.5 Å². The first-order valence-electron chi connectivity index (χ1n) is 10.8. The van der Waals surface area contributed by atoms with Gasteiger partial charge >= 0.3 is 12.1 Å². The molecule has 1 atom stereocenters. The Morgan fingerprint density at radius 2 is 1.68 bits per heavy atom. The highest BCUT2D eigenvalue weighted by Gasteiger charge is 2.19. The zero-order valence-corrected chi connectivity index (χ0v) is 18.8. The van der Waals surface area contributed by atoms with Crippen molar-refractivity contribution >= 4 is 17.7 Å². The molecule has 7 heteroatoms. The summed E-state index contributed by atoms with van der Waals surface area (Å²) < 4.78 is 10.8. The molecule has 0 saturated heterocycles. The van der Waals surface area contributed by atoms with Gasteiger partial charge in [-0.15, -0.1) is 0 Å². The van der Waals surface area contributed by atoms with Gasteiger partial charge < -0.3 is 14.4 Å². The van der Waals surface area contributed by atoms with Gasteiger partial charge in [-0.3, -0.25) is 10.1 Å². The Morgan fingerprint density at radius 3 is 2.38 bits per heavy atom. The van der Waals surface area contributed by atoms with Crippen molar-refractivity contribution in [1.29, 1.82) is 0 Å². The van der Waals surface area contributed by atoms with Crippen LogP contribution >= 0.6 is 0 Å². The van der Waals surface area contributed by atoms with E-state index in [-0.39, 0.29) is 6.42 Å². The van der Waals surface area contributed by atoms with Crippen LogP contribution in [-0.4, -0.2) is 22.3 Å². The molecule has 3 aromatic carbocycles. The third-order valence-corrected chi connectivity index (χ3v) is 5.42. The first-order chi connectivity index (χ1) is 16.4. The first kappa shape index (κ1) is 22.8. The molecule has 0 unspecified atom stereocenters. The zero-order valence-electron chi connectivity index (χ0n) is 18.8. The minimum atomic E-state index is -0.870. The average Bonchev–Trinajstić information content (AvgIpc) is 3.19. The van der Waals surface area contributed by atoms with Gasteiger partial charge in [0.1, 0.15) is 17.5 Å². The predicted octanol–water partition coefficient (Wildman–Crippen LogP) is 6.25. The number of aromatic nitrogens is 1. The highest BCUT2D eigenvalue weighted by atomic mass is 16.6. The molecule has 0 aliphatic carbocycles. The maximum Gasteiger partial charge on any atom is 0.412 e. The summed E-state index contributed by atoms with van der Waals surface area (Å²) in [5.74, 6) is -0.407. The number of benzene rings is 3. The number of nitrogens with one attached hydrogen (secondary N) is 1. The number of nitrogens with zero attached hydrogens (tertiary/aromatic N) is 1. The number of carboxylic acid groups (broad SMARTS) is 1. The molecular weight excluding hydrogens is 432 g/mol. The molecule has 2 N–H and O–H groups in total. The Kier molecular flexibility index (Phi) is 6.73. The number of carbonyl (C=O) groups is 2. The summed E-state index contributed by atoms with van der Waals surface area (Å²) in [6, 6.07) is 24.5. The number of hydrogen-bond acceptors (Lipinski definition) is 5. The number of carboxylic acids is 1. The van der Waals surface area contributed by atoms with Crippen molar-refractivity contribution in [2.45, 2.75) is 26.4 Å². The lowest BCUT2D eigenvalue weighted by Gasteiger charge is -2.14. The van der Waals surface area contributed by atoms with Crippen LogP contribution in [0.3, 0.4) is 0 Å². The molecule has 0 spiro atoms. The molecule has 34 heavy (non-hydrogen) atoms. The molecule has 4 rings (SSSR count). The van der Waals surface area contributed by atoms with E-state index in [0.29, 0.717) is 17.1 Å². The van der Waals surface area contributed by atoms with Crippen molar-refractivity contribution in [3.8, 4) is 22.4 Å². The summed E-state index contributed by atoms with van der Waals surface area (Å²) in [5.41, 5.74) is 5.17. The predicted molar refractivity (Wildman–Crippen MR) is 128 cm³/mol. The largest absolute Gasteiger partial charge is 0.481 e. The quantitative estimate of drug-likeness (QED) is 0.341. The molecule has 0 aliphatic heterocycles. The maximum atomic E-state index is 12.5. The Balaban J connectivity index is 1.50. The number of aryl methyl sites for hydroxylation is 1. The van der Waals surface area contributed by atoms with Gasteiger partial charge in [0.25, 0.3) is 0 Å². The van der Waals surface area contributed by atoms with E-state index in [0.717, 1.165) is 27.8 Å². The Bertz CT molecular complexity index is 1300. The highest BCUT2D eigenvalue weighted by molar-refractivity contribution is 5.91. The molecule has 1 aromatic heterocycles. The summed E-state index contributed by atoms with van der Waals surface area (Å²) in [6.45, 7) is 3.52. The lowest BCUT2D eigenvalue weighted by atomic mass is 9.99. The van der Waals surface area contributed by atoms with Gasteiger partial charge in [-0.1, -0.05) is 84.0 Å². The smallest absolute Gasteiger partial charge is 0.412 e. The van der Waals surface area contributed by atoms with Crippen LogP contribution in [0.2, 0.25) is 0 Å². The minimum absolute atomic E-state index is 0.0296. The maximum absolute atomic E-state index is 12.5. The number of aliphatic carboxylic acids is 1. The van der Waals surface area contributed by atoms with E-state index in [9.17, 15) is 9.59 Å². The zero-order chi connectivity index (χ0) is 24.1. The molecule has 1 amide bonds. The summed E-state index contributed by atoms with van der Waals surface area (Å²) in [6.07, 6.45) is -1.05. The molecule has 0 bridgehead atoms. The van der Waals surface area contributed by atoms with Crippen LogP contribution in [0.1, 0.15) is 29.9 Å². The monoisotopic (exact) mass is 456 g/mol. The SMILES string of the molecule is Cc1onc(-c2ccc(-c3cccc(CC(=O)O)c3)cc2)c1NC(=O)O[C@H](C)c1ccccc1. The van der Waals surface area contributed by atoms with Crippen LogP contribution in [0.15, 0.2) is 83.4 Å². The number of ether oxygens (including phenoxy) is 1. The molecule has 0 aliphatic rings. The van der Waals surface area contributed by atoms with Gasteiger partial charge in [0.2, 0.25) is 0 Å². The second-order valence-corrected chi connectivity index (χ2v) is 7.89. The van der Waals surface area contributed by atoms with Gasteiger partial charge in [-0.25, -0.2) is 4.79 Å². The van der Waals surface area contributed by atoms with Crippen LogP contribution < -0.4 is 5.32 Å². The Labute approximate surface area is 197 Å². The summed E-state index contributed by atoms with van der Waals surface area (Å²) in [7, 11) is 0. The average molecular weight is 456 g/mol. The van der Waals surface area contributed by atoms with E-state index in [1.807, 2.05) is 72.8 Å². The van der Waals surface area contributed by atoms with Gasteiger partial charge in [-0.05, 0) is 36.1 Å². The number of rotatable bonds is 7. The van der Waals surface area contributed by atoms with Gasteiger partial charge in [-0.2, -0.15) is 0 Å². The second kappa shape index (κ2) is 10.0. The van der Waals surface area contributed by atoms with Crippen LogP contribution in [0.25, 0.3) is 22.4 Å². The van der Waals surface area contributed by atoms with Gasteiger partial charge in [0.15, 0.2) is 5.76 Å². The van der Waals surface area contributed by atoms with Crippen LogP contribution in [0, 0.1) is 6.92 Å². The molecule has 172 valence electrons. The fraction of sp³-hybridized carbons (Fsp3) is 0.148. The molecule has 0 saturated carbocycles. The standard InChI is InChI=1S/C27H24N2O5/c1-17(20-8-4-3-5-9-20)33-27(32)28-25-18(2)34-29-26(25)22-13-11-21(12-14-22)23-10-6-7-19(15-23)16-24(30)31/h3-15,17H,16H2,1-2H3,(H,28,32)(H,30,31)/t17-/m1/s1. The van der Waals surface area contributed by atoms with E-state index >= 15 is 0 Å². The van der Waals surface area contributed by atoms with Crippen molar-refractivity contribution in [2.75, 3.05) is 5.32 Å². The van der Waals surface area contributed by atoms with E-state index < -0.39 is 18.2 Å². The third-order valence-electron chi connectivity index (χ3n) is 5.42. The van der Waals surface area contributed by atoms with Gasteiger partial charge in [0.05, 0.1) is 6.42 Å². The van der Waals surface area contributed by atoms with Crippen molar-refractivity contribution in [1.82, 2.24) is 5.16 Å². The van der Waals surface area contributed by atoms with E-state index in [4.69, 9.17) is 14.4 Å². The lowest BCUT2D eigenvalue weighted by Crippen LogP contribution is -2.16. The molecule has 1 heterocycles. The van der Waals surface area contributed by atoms with E-state index in [1.54, 1.807) is 19.9 Å². The number of hydrogen-bond donors (Lipinski definition) is 2. The summed E-state index contributed by atoms with van der Waals surface area (Å²) in [4.78, 5) is 23.5. The lowest BCUT2D eigenvalue weighted by molar-refractivity contribution is -0.136. The fourth-order valence-corrected chi connectivity index (χ4v) is 3.66. The van der Waals surface area contributed by atoms with Crippen molar-refractivity contribution < 1.29 is 24.0 Å². The van der Waals surface area contributed by atoms with Crippen molar-refractivity contribution in [2.24, 2.45) is 0 Å². The summed E-state index contributed by atoms with van der Waals surface area (Å²) in [5, 5.41) is 15.9. The van der Waals surface area contributed by atoms with Crippen LogP contribution in [-0.2, 0) is 16.0 Å². The topological polar surface area (TPSA) is 102 Å². The normalized spacial score (nSPS) is 11.6. The van der Waals surface area contributed by atoms with Crippen molar-refractivity contribution in [3.05, 3.63) is 95.7 Å². The van der Waals surface area contributed by atoms with Crippen LogP contribution in [0.5, 0.6) is 0 Å². The fourth-order valence-electron chi connectivity index (χ4n) is 3.66. The third kappa shape index (κ3) is 5.32. The highest BCUT2D eigenvalue weighted by Crippen LogP contribution is 2.32. The Hall–Kier alpha value is -4.39. The number of amides is 1. The molecular formula is C27H24N2O5. The Morgan fingerprint density at radius 1 is 0.971 bits per heavy atom. The second-order valence-electron chi connectivity index (χ2n) is 7.89. The molecule has 4 aromatic rings. The molecule has 0 fully saturated rings.